The molecule has 0 bridgehead atoms. The Balaban J connectivity index is -0.000000133. The Hall–Kier alpha value is 1.58. The Kier molecular flexibility index (Phi) is 36.1. The van der Waals surface area contributed by atoms with Crippen LogP contribution in [0, 0.1) is 11.8 Å². The second-order valence-corrected chi connectivity index (χ2v) is 12.3. The number of rotatable bonds is 16. The van der Waals surface area contributed by atoms with Gasteiger partial charge < -0.3 is 61.3 Å². The van der Waals surface area contributed by atoms with Gasteiger partial charge in [-0.15, -0.1) is 13.1 Å². The zero-order chi connectivity index (χ0) is 22.1. The molecular formula is C18H44Cl2N2O6Si2Zr. The molecule has 0 aliphatic rings. The van der Waals surface area contributed by atoms with Gasteiger partial charge in [0.05, 0.1) is 0 Å². The van der Waals surface area contributed by atoms with E-state index in [1.54, 1.807) is 42.7 Å². The molecular weight excluding hydrogens is 559 g/mol. The Morgan fingerprint density at radius 2 is 0.774 bits per heavy atom. The summed E-state index contributed by atoms with van der Waals surface area (Å²) in [5.74, 6) is 1.43. The van der Waals surface area contributed by atoms with E-state index in [1.165, 1.54) is 12.8 Å². The van der Waals surface area contributed by atoms with Crippen molar-refractivity contribution in [2.24, 2.45) is 11.8 Å². The SMILES string of the molecule is CO[Si]([N-]CCCC(C)C)(OC)OC.CO[Si]([N-]CCCC(C)C)(OC)OC.[Cl-].[Cl-].[Zr+4]. The van der Waals surface area contributed by atoms with E-state index in [0.29, 0.717) is 11.8 Å². The molecule has 0 radical (unpaired) electrons. The maximum atomic E-state index is 5.17. The fourth-order valence-electron chi connectivity index (χ4n) is 2.32. The number of hydrogen-bond donors (Lipinski definition) is 0. The van der Waals surface area contributed by atoms with Gasteiger partial charge in [0.2, 0.25) is 0 Å². The van der Waals surface area contributed by atoms with Crippen LogP contribution in [0.1, 0.15) is 53.4 Å². The summed E-state index contributed by atoms with van der Waals surface area (Å²) in [4.78, 5) is 8.71. The van der Waals surface area contributed by atoms with Crippen molar-refractivity contribution in [2.75, 3.05) is 55.7 Å². The summed E-state index contributed by atoms with van der Waals surface area (Å²) in [6.07, 6.45) is 4.46. The van der Waals surface area contributed by atoms with Crippen LogP contribution >= 0.6 is 0 Å². The van der Waals surface area contributed by atoms with Gasteiger partial charge >= 0.3 is 44.1 Å². The maximum Gasteiger partial charge on any atom is 4.00 e. The monoisotopic (exact) mass is 600 g/mol. The van der Waals surface area contributed by atoms with Gasteiger partial charge in [0.1, 0.15) is 0 Å². The third kappa shape index (κ3) is 21.8. The van der Waals surface area contributed by atoms with Crippen LogP contribution in [0.3, 0.4) is 0 Å². The van der Waals surface area contributed by atoms with Gasteiger partial charge in [-0.2, -0.15) is 0 Å². The normalized spacial score (nSPS) is 11.2. The van der Waals surface area contributed by atoms with Gasteiger partial charge in [0.15, 0.2) is 0 Å². The van der Waals surface area contributed by atoms with Gasteiger partial charge in [-0.25, -0.2) is 0 Å². The van der Waals surface area contributed by atoms with Crippen LogP contribution in [0.15, 0.2) is 0 Å². The average Bonchev–Trinajstić information content (AvgIpc) is 2.69. The van der Waals surface area contributed by atoms with E-state index in [0.717, 1.165) is 25.9 Å². The summed E-state index contributed by atoms with van der Waals surface area (Å²) in [6.45, 7) is 10.3. The van der Waals surface area contributed by atoms with Gasteiger partial charge in [-0.05, 0) is 11.8 Å². The summed E-state index contributed by atoms with van der Waals surface area (Å²) in [6, 6.07) is 0. The number of halogens is 2. The van der Waals surface area contributed by atoms with Crippen molar-refractivity contribution in [1.82, 2.24) is 0 Å². The second kappa shape index (κ2) is 26.2. The van der Waals surface area contributed by atoms with Crippen molar-refractivity contribution < 1.29 is 77.6 Å². The first-order chi connectivity index (χ1) is 13.2. The molecule has 0 spiro atoms. The molecule has 0 aliphatic heterocycles. The summed E-state index contributed by atoms with van der Waals surface area (Å²) in [7, 11) is 4.12. The second-order valence-electron chi connectivity index (χ2n) is 7.11. The van der Waals surface area contributed by atoms with Crippen LogP contribution in [-0.4, -0.2) is 73.7 Å². The van der Waals surface area contributed by atoms with Crippen molar-refractivity contribution in [1.29, 1.82) is 0 Å². The Labute approximate surface area is 225 Å². The van der Waals surface area contributed by atoms with Crippen LogP contribution < -0.4 is 24.8 Å². The predicted molar refractivity (Wildman–Crippen MR) is 118 cm³/mol. The van der Waals surface area contributed by atoms with Crippen LogP contribution in [0.25, 0.3) is 9.96 Å². The van der Waals surface area contributed by atoms with Gasteiger partial charge in [0, 0.05) is 42.7 Å². The molecule has 31 heavy (non-hydrogen) atoms. The van der Waals surface area contributed by atoms with Crippen molar-refractivity contribution in [2.45, 2.75) is 53.4 Å². The van der Waals surface area contributed by atoms with E-state index in [1.807, 2.05) is 0 Å². The van der Waals surface area contributed by atoms with E-state index in [9.17, 15) is 0 Å². The Morgan fingerprint density at radius 3 is 0.935 bits per heavy atom. The van der Waals surface area contributed by atoms with Crippen LogP contribution in [0.5, 0.6) is 0 Å². The molecule has 0 unspecified atom stereocenters. The van der Waals surface area contributed by atoms with E-state index in [-0.39, 0.29) is 51.0 Å². The molecule has 0 aromatic rings. The molecule has 0 amide bonds. The van der Waals surface area contributed by atoms with Crippen LogP contribution in [0.2, 0.25) is 0 Å². The molecule has 0 aromatic carbocycles. The molecule has 0 saturated heterocycles. The minimum atomic E-state index is -2.66. The van der Waals surface area contributed by atoms with E-state index in [4.69, 9.17) is 26.6 Å². The molecule has 188 valence electrons. The van der Waals surface area contributed by atoms with Gasteiger partial charge in [0.25, 0.3) is 0 Å². The number of nitrogens with zero attached hydrogens (tertiary/aromatic N) is 2. The fraction of sp³-hybridized carbons (Fsp3) is 1.00. The third-order valence-corrected chi connectivity index (χ3v) is 8.36. The van der Waals surface area contributed by atoms with Crippen LogP contribution in [-0.2, 0) is 52.8 Å². The molecule has 0 aromatic heterocycles. The summed E-state index contributed by atoms with van der Waals surface area (Å²) in [5.41, 5.74) is 0. The molecule has 0 heterocycles. The first-order valence-corrected chi connectivity index (χ1v) is 13.2. The molecule has 0 fully saturated rings. The largest absolute Gasteiger partial charge is 4.00 e. The third-order valence-electron chi connectivity index (χ3n) is 4.04. The van der Waals surface area contributed by atoms with E-state index < -0.39 is 17.9 Å². The topological polar surface area (TPSA) is 83.6 Å². The Morgan fingerprint density at radius 1 is 0.548 bits per heavy atom. The quantitative estimate of drug-likeness (QED) is 0.156. The average molecular weight is 603 g/mol. The smallest absolute Gasteiger partial charge is 1.00 e. The first kappa shape index (κ1) is 42.7. The number of hydrogen-bond acceptors (Lipinski definition) is 6. The zero-order valence-corrected chi connectivity index (χ0v) is 27.0. The minimum absolute atomic E-state index is 0. The minimum Gasteiger partial charge on any atom is -1.00 e. The van der Waals surface area contributed by atoms with E-state index in [2.05, 4.69) is 37.7 Å². The maximum absolute atomic E-state index is 5.17. The predicted octanol–water partition coefficient (Wildman–Crippen LogP) is -1.65. The summed E-state index contributed by atoms with van der Waals surface area (Å²) in [5, 5.41) is 0. The molecule has 8 nitrogen and oxygen atoms in total. The molecule has 13 heteroatoms. The first-order valence-electron chi connectivity index (χ1n) is 9.88. The van der Waals surface area contributed by atoms with Gasteiger partial charge in [-0.1, -0.05) is 53.4 Å². The molecule has 0 N–H and O–H groups in total. The van der Waals surface area contributed by atoms with Crippen molar-refractivity contribution in [3.63, 3.8) is 0 Å². The van der Waals surface area contributed by atoms with E-state index >= 15 is 0 Å². The standard InChI is InChI=1S/2C9H22NO3Si.2ClH.Zr/c2*1-9(2)7-6-8-10-14(11-3,12-4)13-5;;;/h2*9H,6-8H2,1-5H3;2*1H;/q2*-1;;;+4/p-2. The zero-order valence-electron chi connectivity index (χ0n) is 21.0. The molecule has 0 aliphatic carbocycles. The summed E-state index contributed by atoms with van der Waals surface area (Å²) < 4.78 is 31.0. The fourth-order valence-corrected chi connectivity index (χ4v) is 4.96. The summed E-state index contributed by atoms with van der Waals surface area (Å²) >= 11 is 0. The molecule has 0 atom stereocenters. The van der Waals surface area contributed by atoms with Crippen molar-refractivity contribution in [3.8, 4) is 0 Å². The van der Waals surface area contributed by atoms with Gasteiger partial charge in [-0.3, -0.25) is 0 Å². The van der Waals surface area contributed by atoms with Crippen LogP contribution in [0.4, 0.5) is 0 Å². The molecule has 0 saturated carbocycles. The van der Waals surface area contributed by atoms with Crippen molar-refractivity contribution >= 4 is 17.9 Å². The molecule has 0 rings (SSSR count). The van der Waals surface area contributed by atoms with Crippen molar-refractivity contribution in [3.05, 3.63) is 9.96 Å². The Bertz CT molecular complexity index is 312.